The van der Waals surface area contributed by atoms with Crippen LogP contribution in [0.1, 0.15) is 44.1 Å². The van der Waals surface area contributed by atoms with E-state index >= 15 is 0 Å². The van der Waals surface area contributed by atoms with Crippen molar-refractivity contribution in [1.82, 2.24) is 0 Å². The van der Waals surface area contributed by atoms with E-state index in [1.165, 1.54) is 6.42 Å². The summed E-state index contributed by atoms with van der Waals surface area (Å²) in [7, 11) is 0. The number of hydrogen-bond donors (Lipinski definition) is 1. The molecule has 104 valence electrons. The average Bonchev–Trinajstić information content (AvgIpc) is 2.35. The highest BCUT2D eigenvalue weighted by molar-refractivity contribution is 6.42. The van der Waals surface area contributed by atoms with Crippen LogP contribution >= 0.6 is 23.2 Å². The highest BCUT2D eigenvalue weighted by Gasteiger charge is 2.29. The third-order valence-electron chi connectivity index (χ3n) is 3.82. The molecule has 0 spiro atoms. The first-order valence-electron chi connectivity index (χ1n) is 6.74. The fourth-order valence-electron chi connectivity index (χ4n) is 2.79. The first-order valence-corrected chi connectivity index (χ1v) is 7.49. The van der Waals surface area contributed by atoms with Gasteiger partial charge in [-0.2, -0.15) is 0 Å². The second-order valence-electron chi connectivity index (χ2n) is 5.53. The molecule has 0 saturated heterocycles. The summed E-state index contributed by atoms with van der Waals surface area (Å²) in [6, 6.07) is 5.38. The van der Waals surface area contributed by atoms with E-state index in [-0.39, 0.29) is 11.3 Å². The number of ketones is 1. The monoisotopic (exact) mass is 299 g/mol. The number of benzene rings is 1. The van der Waals surface area contributed by atoms with Gasteiger partial charge in [0, 0.05) is 18.4 Å². The first kappa shape index (κ1) is 14.8. The summed E-state index contributed by atoms with van der Waals surface area (Å²) in [6.45, 7) is 0. The largest absolute Gasteiger partial charge is 0.325 e. The molecule has 4 heteroatoms. The number of halogens is 2. The van der Waals surface area contributed by atoms with Crippen molar-refractivity contribution in [2.24, 2.45) is 5.73 Å². The summed E-state index contributed by atoms with van der Waals surface area (Å²) < 4.78 is 0. The van der Waals surface area contributed by atoms with Crippen LogP contribution in [-0.2, 0) is 11.2 Å². The summed E-state index contributed by atoms with van der Waals surface area (Å²) in [5.74, 6) is 0.147. The quantitative estimate of drug-likeness (QED) is 0.907. The lowest BCUT2D eigenvalue weighted by atomic mass is 9.78. The van der Waals surface area contributed by atoms with Gasteiger partial charge in [-0.15, -0.1) is 0 Å². The lowest BCUT2D eigenvalue weighted by Gasteiger charge is -2.32. The maximum atomic E-state index is 12.2. The van der Waals surface area contributed by atoms with Gasteiger partial charge in [0.1, 0.15) is 5.78 Å². The highest BCUT2D eigenvalue weighted by Crippen LogP contribution is 2.30. The van der Waals surface area contributed by atoms with Crippen molar-refractivity contribution >= 4 is 29.0 Å². The van der Waals surface area contributed by atoms with Gasteiger partial charge in [-0.25, -0.2) is 0 Å². The van der Waals surface area contributed by atoms with Crippen molar-refractivity contribution in [3.63, 3.8) is 0 Å². The molecule has 2 rings (SSSR count). The van der Waals surface area contributed by atoms with Crippen molar-refractivity contribution in [2.75, 3.05) is 0 Å². The SMILES string of the molecule is NC1(CC(=O)Cc2cccc(Cl)c2Cl)CCCCC1. The van der Waals surface area contributed by atoms with E-state index in [1.807, 2.05) is 12.1 Å². The molecule has 0 atom stereocenters. The van der Waals surface area contributed by atoms with Gasteiger partial charge in [0.15, 0.2) is 0 Å². The molecule has 1 aromatic rings. The van der Waals surface area contributed by atoms with Crippen LogP contribution < -0.4 is 5.73 Å². The summed E-state index contributed by atoms with van der Waals surface area (Å²) in [5.41, 5.74) is 6.79. The van der Waals surface area contributed by atoms with Crippen LogP contribution in [0.25, 0.3) is 0 Å². The van der Waals surface area contributed by atoms with Crippen LogP contribution in [-0.4, -0.2) is 11.3 Å². The maximum absolute atomic E-state index is 12.2. The smallest absolute Gasteiger partial charge is 0.139 e. The van der Waals surface area contributed by atoms with Crippen LogP contribution in [0.3, 0.4) is 0 Å². The molecule has 1 fully saturated rings. The Morgan fingerprint density at radius 1 is 1.21 bits per heavy atom. The van der Waals surface area contributed by atoms with E-state index in [0.29, 0.717) is 22.9 Å². The van der Waals surface area contributed by atoms with Gasteiger partial charge < -0.3 is 5.73 Å². The van der Waals surface area contributed by atoms with Crippen LogP contribution in [0.4, 0.5) is 0 Å². The normalized spacial score (nSPS) is 18.3. The molecule has 1 saturated carbocycles. The van der Waals surface area contributed by atoms with Crippen molar-refractivity contribution in [3.05, 3.63) is 33.8 Å². The molecule has 0 heterocycles. The van der Waals surface area contributed by atoms with Gasteiger partial charge in [-0.05, 0) is 24.5 Å². The molecule has 1 aromatic carbocycles. The first-order chi connectivity index (χ1) is 9.00. The molecule has 1 aliphatic rings. The van der Waals surface area contributed by atoms with E-state index in [0.717, 1.165) is 31.2 Å². The average molecular weight is 300 g/mol. The van der Waals surface area contributed by atoms with E-state index < -0.39 is 0 Å². The number of carbonyl (C=O) groups is 1. The number of rotatable bonds is 4. The fourth-order valence-corrected chi connectivity index (χ4v) is 3.17. The predicted molar refractivity (Wildman–Crippen MR) is 79.8 cm³/mol. The summed E-state index contributed by atoms with van der Waals surface area (Å²) in [5, 5.41) is 0.972. The second kappa shape index (κ2) is 6.25. The molecular weight excluding hydrogens is 281 g/mol. The molecule has 2 N–H and O–H groups in total. The van der Waals surface area contributed by atoms with Crippen molar-refractivity contribution in [1.29, 1.82) is 0 Å². The highest BCUT2D eigenvalue weighted by atomic mass is 35.5. The Labute approximate surface area is 124 Å². The van der Waals surface area contributed by atoms with Gasteiger partial charge in [0.2, 0.25) is 0 Å². The van der Waals surface area contributed by atoms with Crippen molar-refractivity contribution in [3.8, 4) is 0 Å². The van der Waals surface area contributed by atoms with Gasteiger partial charge >= 0.3 is 0 Å². The van der Waals surface area contributed by atoms with Gasteiger partial charge in [-0.1, -0.05) is 54.6 Å². The number of carbonyl (C=O) groups excluding carboxylic acids is 1. The summed E-state index contributed by atoms with van der Waals surface area (Å²) in [4.78, 5) is 12.2. The van der Waals surface area contributed by atoms with Gasteiger partial charge in [0.25, 0.3) is 0 Å². The number of Topliss-reactive ketones (excluding diaryl/α,β-unsaturated/α-hetero) is 1. The maximum Gasteiger partial charge on any atom is 0.139 e. The molecule has 0 unspecified atom stereocenters. The zero-order chi connectivity index (χ0) is 13.9. The molecule has 19 heavy (non-hydrogen) atoms. The Bertz CT molecular complexity index is 467. The third-order valence-corrected chi connectivity index (χ3v) is 4.68. The van der Waals surface area contributed by atoms with Crippen molar-refractivity contribution in [2.45, 2.75) is 50.5 Å². The van der Waals surface area contributed by atoms with Gasteiger partial charge in [-0.3, -0.25) is 4.79 Å². The predicted octanol–water partition coefficient (Wildman–Crippen LogP) is 4.16. The summed E-state index contributed by atoms with van der Waals surface area (Å²) >= 11 is 12.0. The Kier molecular flexibility index (Phi) is 4.88. The second-order valence-corrected chi connectivity index (χ2v) is 6.31. The minimum Gasteiger partial charge on any atom is -0.325 e. The van der Waals surface area contributed by atoms with Crippen molar-refractivity contribution < 1.29 is 4.79 Å². The Balaban J connectivity index is 1.99. The summed E-state index contributed by atoms with van der Waals surface area (Å²) in [6.07, 6.45) is 6.13. The zero-order valence-electron chi connectivity index (χ0n) is 10.9. The third kappa shape index (κ3) is 3.95. The van der Waals surface area contributed by atoms with E-state index in [4.69, 9.17) is 28.9 Å². The molecule has 0 amide bonds. The Morgan fingerprint density at radius 2 is 1.89 bits per heavy atom. The number of hydrogen-bond acceptors (Lipinski definition) is 2. The molecule has 0 aromatic heterocycles. The lowest BCUT2D eigenvalue weighted by Crippen LogP contribution is -2.43. The van der Waals surface area contributed by atoms with Crippen LogP contribution in [0, 0.1) is 0 Å². The fraction of sp³-hybridized carbons (Fsp3) is 0.533. The van der Waals surface area contributed by atoms with E-state index in [9.17, 15) is 4.79 Å². The minimum absolute atomic E-state index is 0.147. The molecular formula is C15H19Cl2NO. The lowest BCUT2D eigenvalue weighted by molar-refractivity contribution is -0.119. The molecule has 0 aliphatic heterocycles. The van der Waals surface area contributed by atoms with E-state index in [2.05, 4.69) is 0 Å². The van der Waals surface area contributed by atoms with Crippen LogP contribution in [0.5, 0.6) is 0 Å². The van der Waals surface area contributed by atoms with Gasteiger partial charge in [0.05, 0.1) is 10.0 Å². The Hall–Kier alpha value is -0.570. The Morgan fingerprint density at radius 3 is 2.58 bits per heavy atom. The van der Waals surface area contributed by atoms with Crippen LogP contribution in [0.15, 0.2) is 18.2 Å². The molecule has 0 radical (unpaired) electrons. The molecule has 0 bridgehead atoms. The zero-order valence-corrected chi connectivity index (χ0v) is 12.4. The standard InChI is InChI=1S/C15H19Cl2NO/c16-13-6-4-5-11(14(13)17)9-12(19)10-15(18)7-2-1-3-8-15/h4-6H,1-3,7-10,18H2. The number of nitrogens with two attached hydrogens (primary N) is 1. The minimum atomic E-state index is -0.305. The topological polar surface area (TPSA) is 43.1 Å². The molecule has 1 aliphatic carbocycles. The molecule has 2 nitrogen and oxygen atoms in total. The van der Waals surface area contributed by atoms with Crippen LogP contribution in [0.2, 0.25) is 10.0 Å². The van der Waals surface area contributed by atoms with E-state index in [1.54, 1.807) is 6.07 Å².